The number of nitrogens with one attached hydrogen (secondary N) is 1. The first-order chi connectivity index (χ1) is 9.90. The predicted molar refractivity (Wildman–Crippen MR) is 94.0 cm³/mol. The van der Waals surface area contributed by atoms with Crippen molar-refractivity contribution in [3.63, 3.8) is 0 Å². The highest BCUT2D eigenvalue weighted by Gasteiger charge is 2.14. The minimum Gasteiger partial charge on any atom is -0.508 e. The predicted octanol–water partition coefficient (Wildman–Crippen LogP) is 4.68. The number of phenolic OH excluding ortho intramolecular Hbond substituents is 1. The molecule has 21 heavy (non-hydrogen) atoms. The van der Waals surface area contributed by atoms with Gasteiger partial charge in [0.05, 0.1) is 5.56 Å². The second-order valence-electron chi connectivity index (χ2n) is 5.31. The third kappa shape index (κ3) is 3.56. The Morgan fingerprint density at radius 3 is 2.52 bits per heavy atom. The van der Waals surface area contributed by atoms with Crippen LogP contribution in [0.15, 0.2) is 36.4 Å². The second-order valence-corrected chi connectivity index (χ2v) is 6.48. The summed E-state index contributed by atoms with van der Waals surface area (Å²) in [7, 11) is 0. The van der Waals surface area contributed by atoms with E-state index in [0.717, 1.165) is 20.4 Å². The SMILES string of the molecule is Cc1cc(O)c(C(C)C)cc1NC(=O)c1ccccc1I. The van der Waals surface area contributed by atoms with Gasteiger partial charge in [-0.2, -0.15) is 0 Å². The van der Waals surface area contributed by atoms with Gasteiger partial charge in [0, 0.05) is 9.26 Å². The van der Waals surface area contributed by atoms with E-state index >= 15 is 0 Å². The molecule has 0 radical (unpaired) electrons. The van der Waals surface area contributed by atoms with Gasteiger partial charge < -0.3 is 10.4 Å². The molecule has 110 valence electrons. The highest BCUT2D eigenvalue weighted by molar-refractivity contribution is 14.1. The Morgan fingerprint density at radius 2 is 1.90 bits per heavy atom. The molecule has 0 aliphatic heterocycles. The van der Waals surface area contributed by atoms with Crippen molar-refractivity contribution >= 4 is 34.2 Å². The number of aryl methyl sites for hydroxylation is 1. The largest absolute Gasteiger partial charge is 0.508 e. The zero-order valence-corrected chi connectivity index (χ0v) is 14.4. The molecule has 0 bridgehead atoms. The minimum atomic E-state index is -0.136. The summed E-state index contributed by atoms with van der Waals surface area (Å²) in [5.74, 6) is 0.330. The summed E-state index contributed by atoms with van der Waals surface area (Å²) in [6.07, 6.45) is 0. The average Bonchev–Trinajstić information content (AvgIpc) is 2.41. The summed E-state index contributed by atoms with van der Waals surface area (Å²) < 4.78 is 0.910. The number of hydrogen-bond acceptors (Lipinski definition) is 2. The van der Waals surface area contributed by atoms with Gasteiger partial charge in [-0.1, -0.05) is 26.0 Å². The number of aromatic hydroxyl groups is 1. The molecule has 0 aliphatic rings. The highest BCUT2D eigenvalue weighted by Crippen LogP contribution is 2.31. The van der Waals surface area contributed by atoms with Crippen LogP contribution in [-0.4, -0.2) is 11.0 Å². The molecular formula is C17H18INO2. The highest BCUT2D eigenvalue weighted by atomic mass is 127. The lowest BCUT2D eigenvalue weighted by atomic mass is 9.99. The minimum absolute atomic E-state index is 0.136. The summed E-state index contributed by atoms with van der Waals surface area (Å²) >= 11 is 2.15. The van der Waals surface area contributed by atoms with Crippen LogP contribution in [0.25, 0.3) is 0 Å². The van der Waals surface area contributed by atoms with Crippen molar-refractivity contribution in [3.05, 3.63) is 56.7 Å². The molecule has 0 fully saturated rings. The van der Waals surface area contributed by atoms with Crippen LogP contribution < -0.4 is 5.32 Å². The number of benzene rings is 2. The van der Waals surface area contributed by atoms with Gasteiger partial charge in [-0.05, 0) is 70.8 Å². The lowest BCUT2D eigenvalue weighted by Gasteiger charge is -2.15. The van der Waals surface area contributed by atoms with Crippen molar-refractivity contribution in [1.82, 2.24) is 0 Å². The Kier molecular flexibility index (Phi) is 4.88. The smallest absolute Gasteiger partial charge is 0.256 e. The van der Waals surface area contributed by atoms with Crippen LogP contribution in [0.3, 0.4) is 0 Å². The van der Waals surface area contributed by atoms with E-state index in [1.165, 1.54) is 0 Å². The average molecular weight is 395 g/mol. The van der Waals surface area contributed by atoms with Crippen LogP contribution in [0.4, 0.5) is 5.69 Å². The third-order valence-corrected chi connectivity index (χ3v) is 4.30. The normalized spacial score (nSPS) is 10.7. The Labute approximate surface area is 138 Å². The first kappa shape index (κ1) is 15.8. The van der Waals surface area contributed by atoms with Crippen molar-refractivity contribution < 1.29 is 9.90 Å². The first-order valence-corrected chi connectivity index (χ1v) is 7.87. The summed E-state index contributed by atoms with van der Waals surface area (Å²) in [6.45, 7) is 5.89. The van der Waals surface area contributed by atoms with Crippen molar-refractivity contribution in [3.8, 4) is 5.75 Å². The Hall–Kier alpha value is -1.56. The van der Waals surface area contributed by atoms with Gasteiger partial charge in [0.25, 0.3) is 5.91 Å². The summed E-state index contributed by atoms with van der Waals surface area (Å²) in [5, 5.41) is 12.9. The fraction of sp³-hybridized carbons (Fsp3) is 0.235. The number of halogens is 1. The number of amides is 1. The molecule has 2 aromatic rings. The molecule has 0 heterocycles. The van der Waals surface area contributed by atoms with Gasteiger partial charge >= 0.3 is 0 Å². The van der Waals surface area contributed by atoms with E-state index in [4.69, 9.17) is 0 Å². The Balaban J connectivity index is 2.34. The topological polar surface area (TPSA) is 49.3 Å². The van der Waals surface area contributed by atoms with Crippen LogP contribution in [-0.2, 0) is 0 Å². The number of carbonyl (C=O) groups excluding carboxylic acids is 1. The molecule has 0 aromatic heterocycles. The Morgan fingerprint density at radius 1 is 1.24 bits per heavy atom. The molecular weight excluding hydrogens is 377 g/mol. The van der Waals surface area contributed by atoms with Crippen LogP contribution in [0.1, 0.15) is 41.3 Å². The van der Waals surface area contributed by atoms with Crippen LogP contribution in [0, 0.1) is 10.5 Å². The van der Waals surface area contributed by atoms with E-state index in [1.807, 2.05) is 45.0 Å². The number of rotatable bonds is 3. The van der Waals surface area contributed by atoms with E-state index < -0.39 is 0 Å². The van der Waals surface area contributed by atoms with E-state index in [9.17, 15) is 9.90 Å². The molecule has 2 aromatic carbocycles. The summed E-state index contributed by atoms with van der Waals surface area (Å²) in [5.41, 5.74) is 3.06. The van der Waals surface area contributed by atoms with Crippen molar-refractivity contribution in [1.29, 1.82) is 0 Å². The summed E-state index contributed by atoms with van der Waals surface area (Å²) in [6, 6.07) is 11.0. The van der Waals surface area contributed by atoms with E-state index in [0.29, 0.717) is 5.56 Å². The lowest BCUT2D eigenvalue weighted by molar-refractivity contribution is 0.102. The number of hydrogen-bond donors (Lipinski definition) is 2. The molecule has 0 spiro atoms. The standard InChI is InChI=1S/C17H18INO2/c1-10(2)13-9-15(11(3)8-16(13)20)19-17(21)12-6-4-5-7-14(12)18/h4-10,20H,1-3H3,(H,19,21). The molecule has 2 N–H and O–H groups in total. The zero-order chi connectivity index (χ0) is 15.6. The maximum atomic E-state index is 12.4. The van der Waals surface area contributed by atoms with Gasteiger partial charge in [0.15, 0.2) is 0 Å². The first-order valence-electron chi connectivity index (χ1n) is 6.79. The van der Waals surface area contributed by atoms with Gasteiger partial charge in [-0.25, -0.2) is 0 Å². The Bertz CT molecular complexity index is 680. The molecule has 1 amide bonds. The fourth-order valence-corrected chi connectivity index (χ4v) is 2.77. The number of anilines is 1. The second kappa shape index (κ2) is 6.47. The molecule has 0 saturated heterocycles. The van der Waals surface area contributed by atoms with Gasteiger partial charge in [0.2, 0.25) is 0 Å². The van der Waals surface area contributed by atoms with E-state index in [1.54, 1.807) is 12.1 Å². The van der Waals surface area contributed by atoms with Crippen LogP contribution >= 0.6 is 22.6 Å². The molecule has 0 unspecified atom stereocenters. The quantitative estimate of drug-likeness (QED) is 0.586. The van der Waals surface area contributed by atoms with Crippen molar-refractivity contribution in [2.45, 2.75) is 26.7 Å². The van der Waals surface area contributed by atoms with Gasteiger partial charge in [-0.15, -0.1) is 0 Å². The maximum absolute atomic E-state index is 12.4. The number of carbonyl (C=O) groups is 1. The molecule has 0 saturated carbocycles. The monoisotopic (exact) mass is 395 g/mol. The lowest BCUT2D eigenvalue weighted by Crippen LogP contribution is -2.14. The summed E-state index contributed by atoms with van der Waals surface area (Å²) in [4.78, 5) is 12.4. The number of phenols is 1. The van der Waals surface area contributed by atoms with Gasteiger partial charge in [-0.3, -0.25) is 4.79 Å². The molecule has 2 rings (SSSR count). The molecule has 3 nitrogen and oxygen atoms in total. The van der Waals surface area contributed by atoms with Crippen molar-refractivity contribution in [2.24, 2.45) is 0 Å². The fourth-order valence-electron chi connectivity index (χ4n) is 2.14. The maximum Gasteiger partial charge on any atom is 0.256 e. The molecule has 0 aliphatic carbocycles. The molecule has 4 heteroatoms. The molecule has 0 atom stereocenters. The van der Waals surface area contributed by atoms with Crippen LogP contribution in [0.2, 0.25) is 0 Å². The van der Waals surface area contributed by atoms with Crippen LogP contribution in [0.5, 0.6) is 5.75 Å². The van der Waals surface area contributed by atoms with Crippen molar-refractivity contribution in [2.75, 3.05) is 5.32 Å². The third-order valence-electron chi connectivity index (χ3n) is 3.36. The zero-order valence-electron chi connectivity index (χ0n) is 12.3. The van der Waals surface area contributed by atoms with E-state index in [-0.39, 0.29) is 17.6 Å². The van der Waals surface area contributed by atoms with E-state index in [2.05, 4.69) is 27.9 Å². The van der Waals surface area contributed by atoms with Gasteiger partial charge in [0.1, 0.15) is 5.75 Å².